The van der Waals surface area contributed by atoms with Crippen molar-refractivity contribution in [1.29, 1.82) is 0 Å². The van der Waals surface area contributed by atoms with Crippen molar-refractivity contribution < 1.29 is 4.39 Å². The standard InChI is InChI=1S/C12H14FN3S/c13-8-3-4-10-11(6-8)16-12(15-10)14-7-9-2-1-5-17-9/h3-4,6,9H,1-2,5,7H2,(H2,14,15,16). The fraction of sp³-hybridized carbons (Fsp3) is 0.417. The van der Waals surface area contributed by atoms with E-state index in [0.29, 0.717) is 5.25 Å². The third kappa shape index (κ3) is 2.39. The minimum atomic E-state index is -0.237. The molecule has 0 aliphatic carbocycles. The van der Waals surface area contributed by atoms with Gasteiger partial charge in [0.2, 0.25) is 5.95 Å². The summed E-state index contributed by atoms with van der Waals surface area (Å²) in [5.41, 5.74) is 1.54. The van der Waals surface area contributed by atoms with Crippen LogP contribution in [-0.4, -0.2) is 27.5 Å². The lowest BCUT2D eigenvalue weighted by molar-refractivity contribution is 0.629. The number of hydrogen-bond donors (Lipinski definition) is 2. The Balaban J connectivity index is 1.72. The molecule has 1 saturated heterocycles. The van der Waals surface area contributed by atoms with E-state index in [9.17, 15) is 4.39 Å². The predicted molar refractivity (Wildman–Crippen MR) is 70.0 cm³/mol. The quantitative estimate of drug-likeness (QED) is 0.881. The second-order valence-corrected chi connectivity index (χ2v) is 5.67. The van der Waals surface area contributed by atoms with Crippen molar-refractivity contribution in [3.05, 3.63) is 24.0 Å². The van der Waals surface area contributed by atoms with E-state index in [1.807, 2.05) is 11.8 Å². The summed E-state index contributed by atoms with van der Waals surface area (Å²) in [7, 11) is 0. The predicted octanol–water partition coefficient (Wildman–Crippen LogP) is 3.01. The Morgan fingerprint density at radius 3 is 3.29 bits per heavy atom. The number of anilines is 1. The molecule has 2 aromatic rings. The number of hydrogen-bond acceptors (Lipinski definition) is 3. The van der Waals surface area contributed by atoms with E-state index in [-0.39, 0.29) is 5.82 Å². The normalized spacial score (nSPS) is 19.9. The molecule has 1 aliphatic heterocycles. The summed E-state index contributed by atoms with van der Waals surface area (Å²) in [5, 5.41) is 3.97. The molecule has 90 valence electrons. The van der Waals surface area contributed by atoms with E-state index in [4.69, 9.17) is 0 Å². The van der Waals surface area contributed by atoms with Gasteiger partial charge in [-0.05, 0) is 36.8 Å². The summed E-state index contributed by atoms with van der Waals surface area (Å²) >= 11 is 2.01. The Labute approximate surface area is 103 Å². The molecule has 1 aromatic heterocycles. The van der Waals surface area contributed by atoms with Gasteiger partial charge >= 0.3 is 0 Å². The molecule has 1 unspecified atom stereocenters. The smallest absolute Gasteiger partial charge is 0.201 e. The van der Waals surface area contributed by atoms with Crippen molar-refractivity contribution in [2.24, 2.45) is 0 Å². The first kappa shape index (κ1) is 10.9. The van der Waals surface area contributed by atoms with E-state index in [1.165, 1.54) is 30.7 Å². The third-order valence-electron chi connectivity index (χ3n) is 2.97. The van der Waals surface area contributed by atoms with Gasteiger partial charge in [-0.3, -0.25) is 0 Å². The van der Waals surface area contributed by atoms with Crippen LogP contribution in [0.5, 0.6) is 0 Å². The number of rotatable bonds is 3. The Hall–Kier alpha value is -1.23. The summed E-state index contributed by atoms with van der Waals surface area (Å²) in [5.74, 6) is 1.76. The van der Waals surface area contributed by atoms with E-state index < -0.39 is 0 Å². The van der Waals surface area contributed by atoms with Crippen LogP contribution in [0.15, 0.2) is 18.2 Å². The van der Waals surface area contributed by atoms with Crippen molar-refractivity contribution >= 4 is 28.7 Å². The second-order valence-electron chi connectivity index (χ2n) is 4.26. The summed E-state index contributed by atoms with van der Waals surface area (Å²) in [4.78, 5) is 7.46. The number of benzene rings is 1. The molecule has 17 heavy (non-hydrogen) atoms. The van der Waals surface area contributed by atoms with Crippen molar-refractivity contribution in [3.8, 4) is 0 Å². The number of aromatic nitrogens is 2. The molecule has 0 amide bonds. The zero-order chi connectivity index (χ0) is 11.7. The van der Waals surface area contributed by atoms with Crippen LogP contribution in [-0.2, 0) is 0 Å². The van der Waals surface area contributed by atoms with E-state index in [0.717, 1.165) is 23.5 Å². The van der Waals surface area contributed by atoms with Gasteiger partial charge in [-0.25, -0.2) is 9.37 Å². The summed E-state index contributed by atoms with van der Waals surface area (Å²) in [6.45, 7) is 0.924. The molecule has 2 N–H and O–H groups in total. The molecular formula is C12H14FN3S. The van der Waals surface area contributed by atoms with E-state index in [2.05, 4.69) is 15.3 Å². The maximum Gasteiger partial charge on any atom is 0.201 e. The number of fused-ring (bicyclic) bond motifs is 1. The number of H-pyrrole nitrogens is 1. The number of aromatic amines is 1. The maximum absolute atomic E-state index is 13.0. The molecule has 1 fully saturated rings. The first-order chi connectivity index (χ1) is 8.31. The Kier molecular flexibility index (Phi) is 2.93. The molecule has 1 atom stereocenters. The second kappa shape index (κ2) is 4.56. The number of imidazole rings is 1. The lowest BCUT2D eigenvalue weighted by Gasteiger charge is -2.08. The highest BCUT2D eigenvalue weighted by molar-refractivity contribution is 8.00. The van der Waals surface area contributed by atoms with Gasteiger partial charge in [0, 0.05) is 11.8 Å². The Bertz CT molecular complexity index is 519. The number of nitrogens with zero attached hydrogens (tertiary/aromatic N) is 1. The minimum absolute atomic E-state index is 0.237. The topological polar surface area (TPSA) is 40.7 Å². The molecule has 1 aliphatic rings. The lowest BCUT2D eigenvalue weighted by Crippen LogP contribution is -2.14. The average molecular weight is 251 g/mol. The fourth-order valence-corrected chi connectivity index (χ4v) is 3.28. The Morgan fingerprint density at radius 1 is 1.53 bits per heavy atom. The highest BCUT2D eigenvalue weighted by Crippen LogP contribution is 2.26. The van der Waals surface area contributed by atoms with Crippen LogP contribution < -0.4 is 5.32 Å². The van der Waals surface area contributed by atoms with Gasteiger partial charge in [0.15, 0.2) is 0 Å². The van der Waals surface area contributed by atoms with Crippen LogP contribution in [0.4, 0.5) is 10.3 Å². The average Bonchev–Trinajstić information content (AvgIpc) is 2.94. The summed E-state index contributed by atoms with van der Waals surface area (Å²) in [6, 6.07) is 4.59. The van der Waals surface area contributed by atoms with Gasteiger partial charge < -0.3 is 10.3 Å². The van der Waals surface area contributed by atoms with Crippen molar-refractivity contribution in [2.45, 2.75) is 18.1 Å². The molecular weight excluding hydrogens is 237 g/mol. The van der Waals surface area contributed by atoms with Crippen molar-refractivity contribution in [2.75, 3.05) is 17.6 Å². The summed E-state index contributed by atoms with van der Waals surface area (Å²) in [6.07, 6.45) is 2.58. The van der Waals surface area contributed by atoms with Gasteiger partial charge in [-0.1, -0.05) is 0 Å². The molecule has 0 radical (unpaired) electrons. The molecule has 0 spiro atoms. The molecule has 5 heteroatoms. The van der Waals surface area contributed by atoms with Crippen LogP contribution in [0.1, 0.15) is 12.8 Å². The first-order valence-electron chi connectivity index (χ1n) is 5.82. The SMILES string of the molecule is Fc1ccc2nc(NCC3CCCS3)[nH]c2c1. The van der Waals surface area contributed by atoms with Crippen LogP contribution in [0.25, 0.3) is 11.0 Å². The maximum atomic E-state index is 13.0. The molecule has 3 nitrogen and oxygen atoms in total. The zero-order valence-corrected chi connectivity index (χ0v) is 10.2. The molecule has 3 rings (SSSR count). The summed E-state index contributed by atoms with van der Waals surface area (Å²) < 4.78 is 13.0. The molecule has 0 bridgehead atoms. The monoisotopic (exact) mass is 251 g/mol. The van der Waals surface area contributed by atoms with Gasteiger partial charge in [-0.15, -0.1) is 0 Å². The number of nitrogens with one attached hydrogen (secondary N) is 2. The van der Waals surface area contributed by atoms with Crippen molar-refractivity contribution in [3.63, 3.8) is 0 Å². The van der Waals surface area contributed by atoms with Crippen LogP contribution in [0.2, 0.25) is 0 Å². The van der Waals surface area contributed by atoms with Crippen LogP contribution in [0, 0.1) is 5.82 Å². The van der Waals surface area contributed by atoms with Gasteiger partial charge in [0.1, 0.15) is 5.82 Å². The highest BCUT2D eigenvalue weighted by atomic mass is 32.2. The number of halogens is 1. The van der Waals surface area contributed by atoms with Crippen molar-refractivity contribution in [1.82, 2.24) is 9.97 Å². The van der Waals surface area contributed by atoms with Crippen LogP contribution in [0.3, 0.4) is 0 Å². The highest BCUT2D eigenvalue weighted by Gasteiger charge is 2.15. The van der Waals surface area contributed by atoms with Gasteiger partial charge in [-0.2, -0.15) is 11.8 Å². The first-order valence-corrected chi connectivity index (χ1v) is 6.87. The lowest BCUT2D eigenvalue weighted by atomic mass is 10.2. The largest absolute Gasteiger partial charge is 0.355 e. The molecule has 0 saturated carbocycles. The number of thioether (sulfide) groups is 1. The third-order valence-corrected chi connectivity index (χ3v) is 4.36. The van der Waals surface area contributed by atoms with E-state index >= 15 is 0 Å². The minimum Gasteiger partial charge on any atom is -0.355 e. The van der Waals surface area contributed by atoms with Gasteiger partial charge in [0.25, 0.3) is 0 Å². The molecule has 1 aromatic carbocycles. The van der Waals surface area contributed by atoms with Crippen LogP contribution >= 0.6 is 11.8 Å². The zero-order valence-electron chi connectivity index (χ0n) is 9.37. The van der Waals surface area contributed by atoms with Gasteiger partial charge in [0.05, 0.1) is 11.0 Å². The molecule has 2 heterocycles. The van der Waals surface area contributed by atoms with E-state index in [1.54, 1.807) is 6.07 Å². The Morgan fingerprint density at radius 2 is 2.47 bits per heavy atom. The fourth-order valence-electron chi connectivity index (χ4n) is 2.08.